The van der Waals surface area contributed by atoms with Crippen LogP contribution in [-0.4, -0.2) is 130 Å². The average Bonchev–Trinajstić information content (AvgIpc) is 3.15. The first-order valence-electron chi connectivity index (χ1n) is 15.5. The highest BCUT2D eigenvalue weighted by atomic mass is 16.6. The molecule has 270 valence electrons. The third-order valence-corrected chi connectivity index (χ3v) is 6.27. The molecule has 51 heavy (non-hydrogen) atoms. The van der Waals surface area contributed by atoms with Gasteiger partial charge in [0.05, 0.1) is 39.6 Å². The predicted octanol–water partition coefficient (Wildman–Crippen LogP) is 1.28. The van der Waals surface area contributed by atoms with E-state index in [2.05, 4.69) is 15.0 Å². The van der Waals surface area contributed by atoms with Crippen molar-refractivity contribution in [3.63, 3.8) is 0 Å². The Balaban J connectivity index is 1.31. The van der Waals surface area contributed by atoms with Crippen LogP contribution in [0.4, 0.5) is 0 Å². The highest BCUT2D eigenvalue weighted by molar-refractivity contribution is 5.93. The molecule has 0 N–H and O–H groups in total. The number of esters is 6. The van der Waals surface area contributed by atoms with Crippen LogP contribution >= 0.6 is 0 Å². The van der Waals surface area contributed by atoms with Gasteiger partial charge in [-0.25, -0.2) is 43.7 Å². The zero-order chi connectivity index (χ0) is 36.3. The maximum absolute atomic E-state index is 12.4. The number of aromatic nitrogens is 3. The molecule has 0 saturated heterocycles. The third kappa shape index (κ3) is 12.8. The second-order valence-electron chi connectivity index (χ2n) is 9.88. The first-order valence-corrected chi connectivity index (χ1v) is 15.5. The number of ether oxygens (including phenoxy) is 9. The van der Waals surface area contributed by atoms with E-state index >= 15 is 0 Å². The lowest BCUT2D eigenvalue weighted by Crippen LogP contribution is -2.19. The number of hydrogen-bond donors (Lipinski definition) is 0. The lowest BCUT2D eigenvalue weighted by Gasteiger charge is -2.09. The van der Waals surface area contributed by atoms with Crippen LogP contribution < -0.4 is 0 Å². The average molecular weight is 712 g/mol. The van der Waals surface area contributed by atoms with Crippen LogP contribution in [0.3, 0.4) is 0 Å². The van der Waals surface area contributed by atoms with E-state index < -0.39 is 35.8 Å². The maximum atomic E-state index is 12.4. The van der Waals surface area contributed by atoms with Gasteiger partial charge in [0, 0.05) is 0 Å². The topological polar surface area (TPSA) is 224 Å². The van der Waals surface area contributed by atoms with E-state index in [4.69, 9.17) is 42.6 Å². The van der Waals surface area contributed by atoms with Crippen LogP contribution in [0.25, 0.3) is 0 Å². The second-order valence-corrected chi connectivity index (χ2v) is 9.88. The fourth-order valence-electron chi connectivity index (χ4n) is 3.90. The van der Waals surface area contributed by atoms with Gasteiger partial charge < -0.3 is 42.6 Å². The molecular weight excluding hydrogens is 678 g/mol. The van der Waals surface area contributed by atoms with Crippen molar-refractivity contribution in [1.29, 1.82) is 0 Å². The first kappa shape index (κ1) is 38.0. The van der Waals surface area contributed by atoms with Gasteiger partial charge in [0.15, 0.2) is 0 Å². The standard InChI is InChI=1S/C33H33N3O15/c37-28-22-4-1-5-23(34-22)29(38)47-17-11-44-13-19-49-31(40)25-7-3-9-27(36-25)33(42)51-21-15-45-14-20-50-32(41)26-8-2-6-24(35-26)30(39)48-18-12-43-10-16-46-28/h1-9H,10-21H2. The molecule has 3 aromatic rings. The van der Waals surface area contributed by atoms with Crippen LogP contribution in [0, 0.1) is 0 Å². The molecule has 4 rings (SSSR count). The zero-order valence-electron chi connectivity index (χ0n) is 27.1. The lowest BCUT2D eigenvalue weighted by atomic mass is 10.3. The minimum Gasteiger partial charge on any atom is -0.459 e. The number of fused-ring (bicyclic) bond motifs is 6. The van der Waals surface area contributed by atoms with Gasteiger partial charge in [-0.3, -0.25) is 0 Å². The molecular formula is C33H33N3O15. The highest BCUT2D eigenvalue weighted by Crippen LogP contribution is 2.07. The van der Waals surface area contributed by atoms with Gasteiger partial charge in [0.1, 0.15) is 73.8 Å². The van der Waals surface area contributed by atoms with E-state index in [0.717, 1.165) is 0 Å². The Morgan fingerprint density at radius 3 is 0.647 bits per heavy atom. The van der Waals surface area contributed by atoms with Gasteiger partial charge in [0.2, 0.25) is 0 Å². The van der Waals surface area contributed by atoms with Crippen LogP contribution in [-0.2, 0) is 42.6 Å². The number of nitrogens with zero attached hydrogens (tertiary/aromatic N) is 3. The summed E-state index contributed by atoms with van der Waals surface area (Å²) in [7, 11) is 0. The van der Waals surface area contributed by atoms with Crippen molar-refractivity contribution in [3.05, 3.63) is 88.8 Å². The zero-order valence-corrected chi connectivity index (χ0v) is 27.1. The number of carbonyl (C=O) groups excluding carboxylic acids is 6. The van der Waals surface area contributed by atoms with Crippen LogP contribution in [0.2, 0.25) is 0 Å². The molecule has 0 spiro atoms. The van der Waals surface area contributed by atoms with Crippen molar-refractivity contribution >= 4 is 35.8 Å². The molecule has 3 aromatic heterocycles. The van der Waals surface area contributed by atoms with Crippen molar-refractivity contribution in [2.45, 2.75) is 0 Å². The molecule has 0 fully saturated rings. The highest BCUT2D eigenvalue weighted by Gasteiger charge is 2.17. The first-order chi connectivity index (χ1) is 24.8. The van der Waals surface area contributed by atoms with Crippen LogP contribution in [0.5, 0.6) is 0 Å². The number of carbonyl (C=O) groups is 6. The fourth-order valence-corrected chi connectivity index (χ4v) is 3.90. The summed E-state index contributed by atoms with van der Waals surface area (Å²) in [5.74, 6) is -4.84. The summed E-state index contributed by atoms with van der Waals surface area (Å²) in [5, 5.41) is 0. The quantitative estimate of drug-likeness (QED) is 0.236. The smallest absolute Gasteiger partial charge is 0.357 e. The molecule has 0 aliphatic carbocycles. The maximum Gasteiger partial charge on any atom is 0.357 e. The van der Waals surface area contributed by atoms with Gasteiger partial charge in [-0.15, -0.1) is 0 Å². The minimum atomic E-state index is -0.806. The number of pyridine rings is 3. The summed E-state index contributed by atoms with van der Waals surface area (Å²) in [6.07, 6.45) is 0. The molecule has 0 atom stereocenters. The van der Waals surface area contributed by atoms with Crippen LogP contribution in [0.15, 0.2) is 54.6 Å². The predicted molar refractivity (Wildman–Crippen MR) is 167 cm³/mol. The van der Waals surface area contributed by atoms with Gasteiger partial charge >= 0.3 is 35.8 Å². The summed E-state index contributed by atoms with van der Waals surface area (Å²) in [5.41, 5.74) is -0.814. The molecule has 1 aliphatic rings. The Morgan fingerprint density at radius 2 is 0.471 bits per heavy atom. The Hall–Kier alpha value is -5.85. The van der Waals surface area contributed by atoms with E-state index in [9.17, 15) is 28.8 Å². The third-order valence-electron chi connectivity index (χ3n) is 6.27. The van der Waals surface area contributed by atoms with E-state index in [1.807, 2.05) is 0 Å². The second kappa shape index (κ2) is 20.6. The van der Waals surface area contributed by atoms with E-state index in [0.29, 0.717) is 0 Å². The molecule has 0 unspecified atom stereocenters. The Kier molecular flexibility index (Phi) is 15.3. The largest absolute Gasteiger partial charge is 0.459 e. The monoisotopic (exact) mass is 711 g/mol. The van der Waals surface area contributed by atoms with E-state index in [1.165, 1.54) is 54.6 Å². The van der Waals surface area contributed by atoms with E-state index in [-0.39, 0.29) is 113 Å². The Labute approximate surface area is 290 Å². The van der Waals surface area contributed by atoms with Gasteiger partial charge in [-0.2, -0.15) is 0 Å². The molecule has 0 amide bonds. The summed E-state index contributed by atoms with van der Waals surface area (Å²) < 4.78 is 46.6. The van der Waals surface area contributed by atoms with Gasteiger partial charge in [-0.05, 0) is 36.4 Å². The molecule has 18 nitrogen and oxygen atoms in total. The summed E-state index contributed by atoms with van der Waals surface area (Å²) in [6, 6.07) is 12.4. The lowest BCUT2D eigenvalue weighted by molar-refractivity contribution is 0.0143. The Morgan fingerprint density at radius 1 is 0.294 bits per heavy atom. The molecule has 1 aliphatic heterocycles. The van der Waals surface area contributed by atoms with Gasteiger partial charge in [0.25, 0.3) is 0 Å². The van der Waals surface area contributed by atoms with Crippen molar-refractivity contribution in [2.75, 3.05) is 79.3 Å². The van der Waals surface area contributed by atoms with E-state index in [1.54, 1.807) is 0 Å². The van der Waals surface area contributed by atoms with Crippen molar-refractivity contribution in [3.8, 4) is 0 Å². The van der Waals surface area contributed by atoms with Gasteiger partial charge in [-0.1, -0.05) is 18.2 Å². The number of hydrogen-bond acceptors (Lipinski definition) is 18. The SMILES string of the molecule is O=C1OCCOCCOC(=O)c2cccc(n2)C(=O)OCCOCCOC(=O)c2cccc(n2)C(=O)OCCOCCOC(=O)c2cccc1n2. The number of rotatable bonds is 0. The van der Waals surface area contributed by atoms with Crippen molar-refractivity contribution in [1.82, 2.24) is 15.0 Å². The molecule has 0 radical (unpaired) electrons. The Bertz CT molecular complexity index is 1380. The molecule has 6 bridgehead atoms. The van der Waals surface area contributed by atoms with Crippen molar-refractivity contribution < 1.29 is 71.4 Å². The molecule has 0 aromatic carbocycles. The summed E-state index contributed by atoms with van der Waals surface area (Å²) in [4.78, 5) is 86.2. The number of cyclic esters (lactones) is 6. The normalized spacial score (nSPS) is 17.4. The van der Waals surface area contributed by atoms with Crippen LogP contribution in [0.1, 0.15) is 62.9 Å². The molecule has 0 saturated carbocycles. The van der Waals surface area contributed by atoms with Crippen molar-refractivity contribution in [2.24, 2.45) is 0 Å². The summed E-state index contributed by atoms with van der Waals surface area (Å²) >= 11 is 0. The minimum absolute atomic E-state index is 0.0251. The summed E-state index contributed by atoms with van der Waals surface area (Å²) in [6.45, 7) is -1.05. The fraction of sp³-hybridized carbons (Fsp3) is 0.364. The molecule has 4 heterocycles. The molecule has 18 heteroatoms.